The average molecular weight is 309 g/mol. The summed E-state index contributed by atoms with van der Waals surface area (Å²) < 4.78 is 0. The number of carbonyl (C=O) groups excluding carboxylic acids is 1. The first-order chi connectivity index (χ1) is 10.2. The molecule has 114 valence electrons. The Morgan fingerprint density at radius 2 is 2.14 bits per heavy atom. The van der Waals surface area contributed by atoms with Crippen LogP contribution in [-0.2, 0) is 4.79 Å². The summed E-state index contributed by atoms with van der Waals surface area (Å²) in [5.41, 5.74) is 0.896. The summed E-state index contributed by atoms with van der Waals surface area (Å²) in [6.45, 7) is 2.13. The van der Waals surface area contributed by atoms with E-state index in [1.54, 1.807) is 6.20 Å². The maximum atomic E-state index is 11.6. The van der Waals surface area contributed by atoms with Crippen molar-refractivity contribution in [2.75, 3.05) is 16.8 Å². The Labute approximate surface area is 130 Å². The molecule has 0 radical (unpaired) electrons. The second kappa shape index (κ2) is 5.79. The van der Waals surface area contributed by atoms with Crippen LogP contribution in [0.3, 0.4) is 0 Å². The molecule has 0 saturated heterocycles. The molecule has 1 aromatic rings. The summed E-state index contributed by atoms with van der Waals surface area (Å²) >= 11 is 6.02. The maximum absolute atomic E-state index is 11.6. The van der Waals surface area contributed by atoms with Crippen LogP contribution >= 0.6 is 11.6 Å². The first kappa shape index (κ1) is 14.6. The lowest BCUT2D eigenvalue weighted by molar-refractivity contribution is -0.109. The van der Waals surface area contributed by atoms with Crippen LogP contribution in [0.1, 0.15) is 39.0 Å². The van der Waals surface area contributed by atoms with Crippen molar-refractivity contribution >= 4 is 29.4 Å². The van der Waals surface area contributed by atoms with E-state index in [0.717, 1.165) is 37.1 Å². The Bertz CT molecular complexity index is 532. The van der Waals surface area contributed by atoms with Gasteiger partial charge in [-0.15, -0.1) is 0 Å². The molecule has 0 amide bonds. The maximum Gasteiger partial charge on any atom is 0.224 e. The van der Waals surface area contributed by atoms with E-state index in [2.05, 4.69) is 21.8 Å². The quantitative estimate of drug-likeness (QED) is 0.635. The van der Waals surface area contributed by atoms with Crippen molar-refractivity contribution in [3.05, 3.63) is 11.5 Å². The minimum atomic E-state index is -0.159. The number of carbonyl (C=O) groups is 1. The molecule has 1 saturated carbocycles. The number of fused-ring (bicyclic) bond motifs is 1. The third-order valence-corrected chi connectivity index (χ3v) is 5.00. The smallest absolute Gasteiger partial charge is 0.224 e. The number of nitrogens with zero attached hydrogens (tertiary/aromatic N) is 4. The normalized spacial score (nSPS) is 26.0. The minimum absolute atomic E-state index is 0.147. The Morgan fingerprint density at radius 1 is 1.43 bits per heavy atom. The van der Waals surface area contributed by atoms with E-state index >= 15 is 0 Å². The van der Waals surface area contributed by atoms with Crippen molar-refractivity contribution in [2.45, 2.75) is 57.2 Å². The van der Waals surface area contributed by atoms with Gasteiger partial charge in [-0.1, -0.05) is 19.8 Å². The first-order valence-corrected chi connectivity index (χ1v) is 8.04. The van der Waals surface area contributed by atoms with Crippen LogP contribution in [0, 0.1) is 0 Å². The van der Waals surface area contributed by atoms with Crippen molar-refractivity contribution in [2.24, 2.45) is 0 Å². The highest BCUT2D eigenvalue weighted by atomic mass is 35.5. The van der Waals surface area contributed by atoms with Crippen LogP contribution in [0.25, 0.3) is 0 Å². The summed E-state index contributed by atoms with van der Waals surface area (Å²) in [4.78, 5) is 24.5. The van der Waals surface area contributed by atoms with Gasteiger partial charge in [-0.05, 0) is 30.9 Å². The van der Waals surface area contributed by atoms with Crippen LogP contribution in [0.15, 0.2) is 6.20 Å². The zero-order chi connectivity index (χ0) is 15.0. The first-order valence-electron chi connectivity index (χ1n) is 7.66. The summed E-state index contributed by atoms with van der Waals surface area (Å²) in [5, 5.41) is 0.268. The predicted octanol–water partition coefficient (Wildman–Crippen LogP) is 2.67. The zero-order valence-corrected chi connectivity index (χ0v) is 13.3. The molecule has 6 heteroatoms. The third-order valence-electron chi connectivity index (χ3n) is 4.82. The lowest BCUT2D eigenvalue weighted by Gasteiger charge is -2.48. The van der Waals surface area contributed by atoms with Crippen molar-refractivity contribution in [1.29, 1.82) is 0 Å². The molecule has 0 bridgehead atoms. The van der Waals surface area contributed by atoms with E-state index < -0.39 is 0 Å². The molecule has 2 heterocycles. The highest BCUT2D eigenvalue weighted by molar-refractivity contribution is 6.28. The predicted molar refractivity (Wildman–Crippen MR) is 84.1 cm³/mol. The summed E-state index contributed by atoms with van der Waals surface area (Å²) in [6.07, 6.45) is 8.49. The second-order valence-corrected chi connectivity index (χ2v) is 6.24. The number of halogens is 1. The molecule has 1 aliphatic carbocycles. The van der Waals surface area contributed by atoms with Gasteiger partial charge in [-0.3, -0.25) is 0 Å². The lowest BCUT2D eigenvalue weighted by atomic mass is 9.97. The topological polar surface area (TPSA) is 49.3 Å². The van der Waals surface area contributed by atoms with E-state index in [0.29, 0.717) is 6.04 Å². The Balaban J connectivity index is 2.11. The molecule has 0 spiro atoms. The molecule has 1 aromatic heterocycles. The van der Waals surface area contributed by atoms with Gasteiger partial charge in [0.25, 0.3) is 0 Å². The SMILES string of the molecule is CC[C@@H]1C(C=O)N(C)c2cnc(Cl)nc2N1C1CCCC1. The Hall–Kier alpha value is -1.36. The van der Waals surface area contributed by atoms with Gasteiger partial charge in [-0.2, -0.15) is 4.98 Å². The van der Waals surface area contributed by atoms with Crippen molar-refractivity contribution in [3.63, 3.8) is 0 Å². The van der Waals surface area contributed by atoms with E-state index in [9.17, 15) is 4.79 Å². The molecule has 0 aromatic carbocycles. The monoisotopic (exact) mass is 308 g/mol. The third kappa shape index (κ3) is 2.37. The fourth-order valence-electron chi connectivity index (χ4n) is 3.77. The number of aldehydes is 1. The van der Waals surface area contributed by atoms with Gasteiger partial charge in [0.15, 0.2) is 5.82 Å². The van der Waals surface area contributed by atoms with Crippen LogP contribution in [-0.4, -0.2) is 41.4 Å². The molecule has 3 rings (SSSR count). The molecule has 1 unspecified atom stereocenters. The Kier molecular flexibility index (Phi) is 4.02. The van der Waals surface area contributed by atoms with Crippen molar-refractivity contribution < 1.29 is 4.79 Å². The zero-order valence-electron chi connectivity index (χ0n) is 12.5. The number of rotatable bonds is 3. The van der Waals surface area contributed by atoms with Gasteiger partial charge in [0.1, 0.15) is 12.3 Å². The lowest BCUT2D eigenvalue weighted by Crippen LogP contribution is -2.58. The molecular formula is C15H21ClN4O. The fourth-order valence-corrected chi connectivity index (χ4v) is 3.90. The van der Waals surface area contributed by atoms with Gasteiger partial charge < -0.3 is 14.6 Å². The van der Waals surface area contributed by atoms with Crippen LogP contribution < -0.4 is 9.80 Å². The van der Waals surface area contributed by atoms with Crippen LogP contribution in [0.5, 0.6) is 0 Å². The van der Waals surface area contributed by atoms with E-state index in [-0.39, 0.29) is 17.4 Å². The molecule has 5 nitrogen and oxygen atoms in total. The van der Waals surface area contributed by atoms with Gasteiger partial charge in [0, 0.05) is 13.1 Å². The second-order valence-electron chi connectivity index (χ2n) is 5.91. The van der Waals surface area contributed by atoms with Crippen molar-refractivity contribution in [3.8, 4) is 0 Å². The van der Waals surface area contributed by atoms with E-state index in [4.69, 9.17) is 11.6 Å². The average Bonchev–Trinajstić information content (AvgIpc) is 3.00. The summed E-state index contributed by atoms with van der Waals surface area (Å²) in [7, 11) is 1.93. The molecular weight excluding hydrogens is 288 g/mol. The van der Waals surface area contributed by atoms with Crippen molar-refractivity contribution in [1.82, 2.24) is 9.97 Å². The van der Waals surface area contributed by atoms with Crippen LogP contribution in [0.4, 0.5) is 11.5 Å². The number of likely N-dealkylation sites (N-methyl/N-ethyl adjacent to an activating group) is 1. The highest BCUT2D eigenvalue weighted by Crippen LogP contribution is 2.41. The van der Waals surface area contributed by atoms with Crippen LogP contribution in [0.2, 0.25) is 5.28 Å². The fraction of sp³-hybridized carbons (Fsp3) is 0.667. The molecule has 0 N–H and O–H groups in total. The number of hydrogen-bond acceptors (Lipinski definition) is 5. The summed E-state index contributed by atoms with van der Waals surface area (Å²) in [6, 6.07) is 0.442. The largest absolute Gasteiger partial charge is 0.359 e. The molecule has 1 aliphatic heterocycles. The molecule has 1 fully saturated rings. The van der Waals surface area contributed by atoms with E-state index in [1.165, 1.54) is 12.8 Å². The Morgan fingerprint density at radius 3 is 2.76 bits per heavy atom. The summed E-state index contributed by atoms with van der Waals surface area (Å²) in [5.74, 6) is 0.884. The number of aromatic nitrogens is 2. The van der Waals surface area contributed by atoms with E-state index in [1.807, 2.05) is 11.9 Å². The van der Waals surface area contributed by atoms with Gasteiger partial charge in [0.05, 0.1) is 17.9 Å². The molecule has 2 aliphatic rings. The number of anilines is 2. The minimum Gasteiger partial charge on any atom is -0.359 e. The number of hydrogen-bond donors (Lipinski definition) is 0. The van der Waals surface area contributed by atoms with Gasteiger partial charge in [0.2, 0.25) is 5.28 Å². The van der Waals surface area contributed by atoms with Gasteiger partial charge >= 0.3 is 0 Å². The molecule has 21 heavy (non-hydrogen) atoms. The standard InChI is InChI=1S/C15H21ClN4O/c1-3-11-13(9-21)19(2)12-8-17-15(16)18-14(12)20(11)10-6-4-5-7-10/h8-11,13H,3-7H2,1-2H3/t11-,13?/m1/s1. The molecule has 2 atom stereocenters. The van der Waals surface area contributed by atoms with Gasteiger partial charge in [-0.25, -0.2) is 4.98 Å². The highest BCUT2D eigenvalue weighted by Gasteiger charge is 2.41.